The van der Waals surface area contributed by atoms with E-state index in [1.807, 2.05) is 31.2 Å². The van der Waals surface area contributed by atoms with Crippen LogP contribution < -0.4 is 11.1 Å². The lowest BCUT2D eigenvalue weighted by Gasteiger charge is -2.12. The highest BCUT2D eigenvalue weighted by Crippen LogP contribution is 2.25. The Kier molecular flexibility index (Phi) is 4.57. The standard InChI is InChI=1S/C15H21N5S/c1-10-6-5-7-11(8-10)18-14(16)17-9-12-19-20-13(21-12)15(2,3)4/h5-8H,9H2,1-4H3,(H3,16,17,18). The third kappa shape index (κ3) is 4.53. The Morgan fingerprint density at radius 1 is 1.33 bits per heavy atom. The fourth-order valence-electron chi connectivity index (χ4n) is 1.68. The first-order chi connectivity index (χ1) is 9.84. The van der Waals surface area contributed by atoms with Crippen LogP contribution in [0, 0.1) is 6.92 Å². The number of nitrogens with two attached hydrogens (primary N) is 1. The summed E-state index contributed by atoms with van der Waals surface area (Å²) in [5.41, 5.74) is 8.02. The molecule has 0 radical (unpaired) electrons. The zero-order chi connectivity index (χ0) is 15.5. The van der Waals surface area contributed by atoms with Crippen LogP contribution in [0.5, 0.6) is 0 Å². The Bertz CT molecular complexity index is 640. The zero-order valence-corrected chi connectivity index (χ0v) is 13.7. The number of nitrogens with zero attached hydrogens (tertiary/aromatic N) is 3. The fraction of sp³-hybridized carbons (Fsp3) is 0.400. The number of aryl methyl sites for hydroxylation is 1. The van der Waals surface area contributed by atoms with E-state index in [-0.39, 0.29) is 5.41 Å². The molecule has 0 spiro atoms. The Balaban J connectivity index is 1.99. The molecule has 0 aliphatic rings. The van der Waals surface area contributed by atoms with Gasteiger partial charge in [-0.3, -0.25) is 0 Å². The van der Waals surface area contributed by atoms with Crippen molar-refractivity contribution in [3.8, 4) is 0 Å². The summed E-state index contributed by atoms with van der Waals surface area (Å²) in [6, 6.07) is 7.99. The van der Waals surface area contributed by atoms with Crippen molar-refractivity contribution in [3.63, 3.8) is 0 Å². The average molecular weight is 303 g/mol. The molecule has 6 heteroatoms. The number of rotatable bonds is 3. The molecule has 1 heterocycles. The fourth-order valence-corrected chi connectivity index (χ4v) is 2.51. The summed E-state index contributed by atoms with van der Waals surface area (Å²) in [6.45, 7) is 8.84. The smallest absolute Gasteiger partial charge is 0.193 e. The number of guanidine groups is 1. The average Bonchev–Trinajstić information content (AvgIpc) is 2.85. The third-order valence-electron chi connectivity index (χ3n) is 2.78. The maximum atomic E-state index is 5.89. The van der Waals surface area contributed by atoms with Gasteiger partial charge in [-0.05, 0) is 24.6 Å². The van der Waals surface area contributed by atoms with Crippen molar-refractivity contribution in [2.45, 2.75) is 39.7 Å². The van der Waals surface area contributed by atoms with Gasteiger partial charge < -0.3 is 11.1 Å². The first-order valence-electron chi connectivity index (χ1n) is 6.81. The predicted molar refractivity (Wildman–Crippen MR) is 88.7 cm³/mol. The largest absolute Gasteiger partial charge is 0.370 e. The van der Waals surface area contributed by atoms with E-state index in [4.69, 9.17) is 5.73 Å². The second kappa shape index (κ2) is 6.22. The van der Waals surface area contributed by atoms with Crippen molar-refractivity contribution in [2.24, 2.45) is 10.7 Å². The van der Waals surface area contributed by atoms with Gasteiger partial charge in [-0.15, -0.1) is 10.2 Å². The first kappa shape index (κ1) is 15.4. The number of aliphatic imine (C=N–C) groups is 1. The number of aromatic nitrogens is 2. The van der Waals surface area contributed by atoms with Gasteiger partial charge in [-0.25, -0.2) is 4.99 Å². The van der Waals surface area contributed by atoms with Crippen LogP contribution >= 0.6 is 11.3 Å². The van der Waals surface area contributed by atoms with Crippen molar-refractivity contribution in [2.75, 3.05) is 5.32 Å². The maximum Gasteiger partial charge on any atom is 0.193 e. The Morgan fingerprint density at radius 2 is 2.10 bits per heavy atom. The second-order valence-corrected chi connectivity index (χ2v) is 7.01. The normalized spacial score (nSPS) is 12.5. The van der Waals surface area contributed by atoms with Crippen LogP contribution in [0.1, 0.15) is 36.3 Å². The van der Waals surface area contributed by atoms with E-state index in [9.17, 15) is 0 Å². The quantitative estimate of drug-likeness (QED) is 0.675. The number of benzene rings is 1. The summed E-state index contributed by atoms with van der Waals surface area (Å²) in [4.78, 5) is 4.31. The molecule has 0 amide bonds. The molecule has 5 nitrogen and oxygen atoms in total. The van der Waals surface area contributed by atoms with Crippen molar-refractivity contribution in [1.29, 1.82) is 0 Å². The number of nitrogens with one attached hydrogen (secondary N) is 1. The minimum Gasteiger partial charge on any atom is -0.370 e. The van der Waals surface area contributed by atoms with Crippen LogP contribution in [-0.2, 0) is 12.0 Å². The van der Waals surface area contributed by atoms with Crippen molar-refractivity contribution < 1.29 is 0 Å². The van der Waals surface area contributed by atoms with Gasteiger partial charge in [-0.1, -0.05) is 44.2 Å². The monoisotopic (exact) mass is 303 g/mol. The highest BCUT2D eigenvalue weighted by molar-refractivity contribution is 7.11. The lowest BCUT2D eigenvalue weighted by atomic mass is 9.98. The van der Waals surface area contributed by atoms with Crippen molar-refractivity contribution >= 4 is 23.0 Å². The molecule has 0 bridgehead atoms. The van der Waals surface area contributed by atoms with E-state index in [2.05, 4.69) is 41.3 Å². The van der Waals surface area contributed by atoms with E-state index in [0.717, 1.165) is 15.7 Å². The molecule has 2 aromatic rings. The molecule has 0 aliphatic heterocycles. The molecule has 3 N–H and O–H groups in total. The molecule has 21 heavy (non-hydrogen) atoms. The van der Waals surface area contributed by atoms with Crippen molar-refractivity contribution in [1.82, 2.24) is 10.2 Å². The zero-order valence-electron chi connectivity index (χ0n) is 12.8. The Morgan fingerprint density at radius 3 is 2.71 bits per heavy atom. The summed E-state index contributed by atoms with van der Waals surface area (Å²) >= 11 is 1.58. The van der Waals surface area contributed by atoms with Gasteiger partial charge in [0.1, 0.15) is 10.0 Å². The van der Waals surface area contributed by atoms with Crippen molar-refractivity contribution in [3.05, 3.63) is 39.8 Å². The van der Waals surface area contributed by atoms with Crippen LogP contribution in [0.25, 0.3) is 0 Å². The maximum absolute atomic E-state index is 5.89. The molecule has 0 atom stereocenters. The molecule has 2 rings (SSSR count). The molecule has 0 saturated carbocycles. The van der Waals surface area contributed by atoms with Crippen LogP contribution in [0.15, 0.2) is 29.3 Å². The first-order valence-corrected chi connectivity index (χ1v) is 7.63. The van der Waals surface area contributed by atoms with Crippen LogP contribution in [0.2, 0.25) is 0 Å². The highest BCUT2D eigenvalue weighted by atomic mass is 32.1. The molecular formula is C15H21N5S. The third-order valence-corrected chi connectivity index (χ3v) is 4.12. The molecule has 0 fully saturated rings. The molecule has 112 valence electrons. The number of hydrogen-bond donors (Lipinski definition) is 2. The van der Waals surface area contributed by atoms with Gasteiger partial charge in [0.15, 0.2) is 5.96 Å². The summed E-state index contributed by atoms with van der Waals surface area (Å²) in [6.07, 6.45) is 0. The molecule has 1 aromatic heterocycles. The number of anilines is 1. The van der Waals surface area contributed by atoms with Gasteiger partial charge in [-0.2, -0.15) is 0 Å². The van der Waals surface area contributed by atoms with E-state index in [1.54, 1.807) is 11.3 Å². The topological polar surface area (TPSA) is 76.2 Å². The summed E-state index contributed by atoms with van der Waals surface area (Å²) in [7, 11) is 0. The van der Waals surface area contributed by atoms with E-state index in [0.29, 0.717) is 12.5 Å². The Labute approximate surface area is 129 Å². The molecule has 0 saturated heterocycles. The van der Waals surface area contributed by atoms with Gasteiger partial charge in [0, 0.05) is 11.1 Å². The van der Waals surface area contributed by atoms with E-state index < -0.39 is 0 Å². The summed E-state index contributed by atoms with van der Waals surface area (Å²) in [5, 5.41) is 13.3. The van der Waals surface area contributed by atoms with E-state index >= 15 is 0 Å². The predicted octanol–water partition coefficient (Wildman–Crippen LogP) is 3.07. The van der Waals surface area contributed by atoms with Gasteiger partial charge >= 0.3 is 0 Å². The van der Waals surface area contributed by atoms with Gasteiger partial charge in [0.2, 0.25) is 0 Å². The minimum atomic E-state index is 0.0188. The molecule has 1 aromatic carbocycles. The van der Waals surface area contributed by atoms with Gasteiger partial charge in [0.25, 0.3) is 0 Å². The van der Waals surface area contributed by atoms with Crippen LogP contribution in [-0.4, -0.2) is 16.2 Å². The molecule has 0 aliphatic carbocycles. The molecule has 0 unspecified atom stereocenters. The summed E-state index contributed by atoms with van der Waals surface area (Å²) in [5.74, 6) is 0.383. The Hall–Kier alpha value is -1.95. The second-order valence-electron chi connectivity index (χ2n) is 5.95. The number of hydrogen-bond acceptors (Lipinski definition) is 4. The minimum absolute atomic E-state index is 0.0188. The van der Waals surface area contributed by atoms with E-state index in [1.165, 1.54) is 5.56 Å². The lowest BCUT2D eigenvalue weighted by Crippen LogP contribution is -2.22. The summed E-state index contributed by atoms with van der Waals surface area (Å²) < 4.78 is 0. The van der Waals surface area contributed by atoms with Gasteiger partial charge in [0.05, 0.1) is 6.54 Å². The lowest BCUT2D eigenvalue weighted by molar-refractivity contribution is 0.577. The SMILES string of the molecule is Cc1cccc(NC(N)=NCc2nnc(C(C)(C)C)s2)c1. The highest BCUT2D eigenvalue weighted by Gasteiger charge is 2.19. The van der Waals surface area contributed by atoms with Crippen LogP contribution in [0.3, 0.4) is 0 Å². The molecular weight excluding hydrogens is 282 g/mol. The van der Waals surface area contributed by atoms with Crippen LogP contribution in [0.4, 0.5) is 5.69 Å².